The van der Waals surface area contributed by atoms with Crippen molar-refractivity contribution in [3.63, 3.8) is 0 Å². The molecule has 1 atom stereocenters. The summed E-state index contributed by atoms with van der Waals surface area (Å²) in [5, 5.41) is 1.90. The van der Waals surface area contributed by atoms with Gasteiger partial charge in [-0.25, -0.2) is 4.99 Å². The minimum Gasteiger partial charge on any atom is -0.271 e. The standard InChI is InChI=1S/C7H5NOS/c9-7-6-5(1-3-8-7)2-4-10-6/h1-4,6H. The Morgan fingerprint density at radius 3 is 3.30 bits per heavy atom. The molecule has 0 bridgehead atoms. The van der Waals surface area contributed by atoms with Gasteiger partial charge in [0.25, 0.3) is 5.91 Å². The number of rotatable bonds is 0. The van der Waals surface area contributed by atoms with Crippen LogP contribution in [0.3, 0.4) is 0 Å². The summed E-state index contributed by atoms with van der Waals surface area (Å²) in [6, 6.07) is 0. The van der Waals surface area contributed by atoms with Crippen molar-refractivity contribution >= 4 is 23.9 Å². The smallest absolute Gasteiger partial charge is 0.263 e. The lowest BCUT2D eigenvalue weighted by molar-refractivity contribution is -0.116. The van der Waals surface area contributed by atoms with Crippen molar-refractivity contribution in [3.05, 3.63) is 23.1 Å². The lowest BCUT2D eigenvalue weighted by Crippen LogP contribution is -2.16. The third kappa shape index (κ3) is 0.743. The van der Waals surface area contributed by atoms with Crippen LogP contribution >= 0.6 is 11.8 Å². The van der Waals surface area contributed by atoms with Crippen molar-refractivity contribution in [1.82, 2.24) is 0 Å². The minimum absolute atomic E-state index is 0.0347. The first-order chi connectivity index (χ1) is 4.88. The van der Waals surface area contributed by atoms with E-state index in [1.807, 2.05) is 17.6 Å². The molecular formula is C7H5NOS. The molecule has 2 rings (SSSR count). The highest BCUT2D eigenvalue weighted by atomic mass is 32.2. The Hall–Kier alpha value is -0.830. The van der Waals surface area contributed by atoms with Gasteiger partial charge < -0.3 is 0 Å². The Bertz CT molecular complexity index is 265. The Morgan fingerprint density at radius 1 is 1.60 bits per heavy atom. The number of fused-ring (bicyclic) bond motifs is 1. The van der Waals surface area contributed by atoms with Gasteiger partial charge in [0.15, 0.2) is 0 Å². The zero-order valence-corrected chi connectivity index (χ0v) is 5.97. The lowest BCUT2D eigenvalue weighted by atomic mass is 10.1. The van der Waals surface area contributed by atoms with Gasteiger partial charge in [-0.15, -0.1) is 11.8 Å². The van der Waals surface area contributed by atoms with E-state index in [4.69, 9.17) is 0 Å². The normalized spacial score (nSPS) is 28.6. The van der Waals surface area contributed by atoms with Crippen LogP contribution in [0, 0.1) is 0 Å². The van der Waals surface area contributed by atoms with Crippen LogP contribution in [0.5, 0.6) is 0 Å². The molecule has 0 aromatic carbocycles. The number of allylic oxidation sites excluding steroid dienone is 2. The number of carbonyl (C=O) groups excluding carboxylic acids is 1. The highest BCUT2D eigenvalue weighted by Crippen LogP contribution is 2.31. The molecule has 1 unspecified atom stereocenters. The Balaban J connectivity index is 2.40. The average Bonchev–Trinajstić information content (AvgIpc) is 2.36. The molecule has 2 heterocycles. The summed E-state index contributed by atoms with van der Waals surface area (Å²) in [6.07, 6.45) is 5.39. The van der Waals surface area contributed by atoms with Crippen LogP contribution in [-0.4, -0.2) is 17.4 Å². The van der Waals surface area contributed by atoms with Crippen LogP contribution in [0.25, 0.3) is 0 Å². The summed E-state index contributed by atoms with van der Waals surface area (Å²) in [5.41, 5.74) is 1.07. The summed E-state index contributed by atoms with van der Waals surface area (Å²) in [7, 11) is 0. The van der Waals surface area contributed by atoms with E-state index in [9.17, 15) is 4.79 Å². The average molecular weight is 151 g/mol. The fraction of sp³-hybridized carbons (Fsp3) is 0.143. The van der Waals surface area contributed by atoms with Gasteiger partial charge in [0.1, 0.15) is 5.25 Å². The van der Waals surface area contributed by atoms with E-state index in [2.05, 4.69) is 4.99 Å². The molecule has 2 nitrogen and oxygen atoms in total. The first-order valence-corrected chi connectivity index (χ1v) is 3.92. The summed E-state index contributed by atoms with van der Waals surface area (Å²) in [5.74, 6) is -0.0347. The Labute approximate surface area is 62.7 Å². The van der Waals surface area contributed by atoms with Crippen LogP contribution in [0.15, 0.2) is 28.1 Å². The van der Waals surface area contributed by atoms with E-state index in [1.165, 1.54) is 11.8 Å². The maximum atomic E-state index is 11.0. The quantitative estimate of drug-likeness (QED) is 0.519. The predicted molar refractivity (Wildman–Crippen MR) is 42.1 cm³/mol. The number of aliphatic imine (C=N–C) groups is 1. The van der Waals surface area contributed by atoms with Gasteiger partial charge in [-0.2, -0.15) is 0 Å². The number of amides is 1. The number of nitrogens with zero attached hydrogens (tertiary/aromatic N) is 1. The fourth-order valence-electron chi connectivity index (χ4n) is 0.971. The van der Waals surface area contributed by atoms with Crippen molar-refractivity contribution in [1.29, 1.82) is 0 Å². The molecule has 3 heteroatoms. The molecule has 10 heavy (non-hydrogen) atoms. The van der Waals surface area contributed by atoms with Crippen LogP contribution in [0.1, 0.15) is 0 Å². The zero-order valence-electron chi connectivity index (χ0n) is 5.15. The third-order valence-corrected chi connectivity index (χ3v) is 2.51. The van der Waals surface area contributed by atoms with Crippen LogP contribution in [0.4, 0.5) is 0 Å². The highest BCUT2D eigenvalue weighted by molar-refractivity contribution is 8.03. The van der Waals surface area contributed by atoms with E-state index in [-0.39, 0.29) is 11.2 Å². The Morgan fingerprint density at radius 2 is 2.50 bits per heavy atom. The van der Waals surface area contributed by atoms with Gasteiger partial charge in [-0.05, 0) is 17.1 Å². The van der Waals surface area contributed by atoms with Gasteiger partial charge in [0.05, 0.1) is 0 Å². The third-order valence-electron chi connectivity index (χ3n) is 1.47. The second-order valence-electron chi connectivity index (χ2n) is 2.10. The maximum Gasteiger partial charge on any atom is 0.263 e. The van der Waals surface area contributed by atoms with Gasteiger partial charge in [0.2, 0.25) is 0 Å². The van der Waals surface area contributed by atoms with E-state index >= 15 is 0 Å². The maximum absolute atomic E-state index is 11.0. The molecule has 0 saturated heterocycles. The second-order valence-corrected chi connectivity index (χ2v) is 3.12. The lowest BCUT2D eigenvalue weighted by Gasteiger charge is -2.07. The minimum atomic E-state index is -0.0370. The highest BCUT2D eigenvalue weighted by Gasteiger charge is 2.25. The van der Waals surface area contributed by atoms with Crippen LogP contribution in [0.2, 0.25) is 0 Å². The molecule has 50 valence electrons. The number of thioether (sulfide) groups is 1. The van der Waals surface area contributed by atoms with E-state index in [0.717, 1.165) is 5.57 Å². The van der Waals surface area contributed by atoms with Crippen molar-refractivity contribution in [2.75, 3.05) is 0 Å². The van der Waals surface area contributed by atoms with Crippen molar-refractivity contribution in [2.45, 2.75) is 5.25 Å². The van der Waals surface area contributed by atoms with Crippen molar-refractivity contribution in [2.24, 2.45) is 4.99 Å². The molecule has 0 N–H and O–H groups in total. The van der Waals surface area contributed by atoms with Gasteiger partial charge in [-0.3, -0.25) is 4.79 Å². The SMILES string of the molecule is O=C1N=CC=C2C=CSC12. The molecule has 0 aliphatic carbocycles. The number of carbonyl (C=O) groups is 1. The molecular weight excluding hydrogens is 146 g/mol. The number of dihydropyridines is 1. The first kappa shape index (κ1) is 5.92. The molecule has 2 aliphatic rings. The van der Waals surface area contributed by atoms with E-state index < -0.39 is 0 Å². The van der Waals surface area contributed by atoms with Crippen LogP contribution in [-0.2, 0) is 4.79 Å². The largest absolute Gasteiger partial charge is 0.271 e. The summed E-state index contributed by atoms with van der Waals surface area (Å²) < 4.78 is 0. The first-order valence-electron chi connectivity index (χ1n) is 2.98. The summed E-state index contributed by atoms with van der Waals surface area (Å²) in [4.78, 5) is 14.6. The molecule has 0 aromatic rings. The molecule has 0 radical (unpaired) electrons. The van der Waals surface area contributed by atoms with E-state index in [0.29, 0.717) is 0 Å². The molecule has 1 amide bonds. The molecule has 0 fully saturated rings. The molecule has 2 aliphatic heterocycles. The monoisotopic (exact) mass is 151 g/mol. The predicted octanol–water partition coefficient (Wildman–Crippen LogP) is 1.15. The molecule has 0 saturated carbocycles. The number of hydrogen-bond acceptors (Lipinski definition) is 2. The Kier molecular flexibility index (Phi) is 1.24. The van der Waals surface area contributed by atoms with E-state index in [1.54, 1.807) is 6.21 Å². The van der Waals surface area contributed by atoms with Gasteiger partial charge in [-0.1, -0.05) is 6.08 Å². The van der Waals surface area contributed by atoms with Gasteiger partial charge >= 0.3 is 0 Å². The summed E-state index contributed by atoms with van der Waals surface area (Å²) in [6.45, 7) is 0. The number of hydrogen-bond donors (Lipinski definition) is 0. The summed E-state index contributed by atoms with van der Waals surface area (Å²) >= 11 is 1.52. The fourth-order valence-corrected chi connectivity index (χ4v) is 1.85. The van der Waals surface area contributed by atoms with Gasteiger partial charge in [0, 0.05) is 6.21 Å². The molecule has 0 aromatic heterocycles. The molecule has 0 spiro atoms. The zero-order chi connectivity index (χ0) is 6.97. The van der Waals surface area contributed by atoms with Crippen molar-refractivity contribution < 1.29 is 4.79 Å². The van der Waals surface area contributed by atoms with Crippen molar-refractivity contribution in [3.8, 4) is 0 Å². The second kappa shape index (κ2) is 2.09. The van der Waals surface area contributed by atoms with Crippen LogP contribution < -0.4 is 0 Å². The topological polar surface area (TPSA) is 29.4 Å².